The molecule has 1 N–H and O–H groups in total. The van der Waals surface area contributed by atoms with E-state index in [0.29, 0.717) is 19.0 Å². The third-order valence-corrected chi connectivity index (χ3v) is 7.79. The molecule has 4 heterocycles. The van der Waals surface area contributed by atoms with Crippen LogP contribution in [0.4, 0.5) is 16.3 Å². The Kier molecular flexibility index (Phi) is 6.84. The molecule has 0 unspecified atom stereocenters. The highest BCUT2D eigenvalue weighted by atomic mass is 32.1. The van der Waals surface area contributed by atoms with Crippen molar-refractivity contribution in [2.45, 2.75) is 25.8 Å². The maximum absolute atomic E-state index is 13.0. The molecule has 2 amide bonds. The quantitative estimate of drug-likeness (QED) is 0.316. The van der Waals surface area contributed by atoms with Gasteiger partial charge in [0.2, 0.25) is 0 Å². The molecule has 0 radical (unpaired) electrons. The molecule has 6 rings (SSSR count). The van der Waals surface area contributed by atoms with Crippen molar-refractivity contribution in [2.24, 2.45) is 0 Å². The minimum Gasteiger partial charge on any atom is -0.492 e. The molecule has 1 saturated heterocycles. The molecule has 2 aromatic carbocycles. The minimum absolute atomic E-state index is 0.175. The molecule has 2 aliphatic heterocycles. The van der Waals surface area contributed by atoms with Gasteiger partial charge in [-0.1, -0.05) is 30.7 Å². The number of pyridine rings is 1. The number of hydrogen-bond donors (Lipinski definition) is 1. The van der Waals surface area contributed by atoms with Crippen molar-refractivity contribution in [1.82, 2.24) is 14.9 Å². The molecule has 0 bridgehead atoms. The van der Waals surface area contributed by atoms with Crippen LogP contribution >= 0.6 is 11.3 Å². The molecule has 188 valence electrons. The highest BCUT2D eigenvalue weighted by Gasteiger charge is 2.26. The lowest BCUT2D eigenvalue weighted by molar-refractivity contribution is 0.183. The van der Waals surface area contributed by atoms with Gasteiger partial charge in [-0.25, -0.2) is 9.78 Å². The first-order valence-corrected chi connectivity index (χ1v) is 13.6. The molecular formula is C29H29N5O2S. The summed E-state index contributed by atoms with van der Waals surface area (Å²) in [5.74, 6) is 1.52. The standard InChI is InChI=1S/C29H29N5O2S/c35-29-31-26-18-23(22-5-4-6-25(17-22)36-16-15-33-13-2-1-3-14-33)7-8-24(26)19-34(29)27-20-37-28(32-27)21-9-11-30-12-10-21/h4-12,17-18,20H,1-3,13-16,19H2,(H,31,35). The monoisotopic (exact) mass is 511 g/mol. The normalized spacial score (nSPS) is 15.8. The van der Waals surface area contributed by atoms with Gasteiger partial charge in [-0.3, -0.25) is 14.8 Å². The Morgan fingerprint density at radius 1 is 0.946 bits per heavy atom. The zero-order chi connectivity index (χ0) is 25.0. The maximum atomic E-state index is 13.0. The van der Waals surface area contributed by atoms with E-state index in [1.54, 1.807) is 17.3 Å². The fraction of sp³-hybridized carbons (Fsp3) is 0.276. The third-order valence-electron chi connectivity index (χ3n) is 6.91. The lowest BCUT2D eigenvalue weighted by Gasteiger charge is -2.28. The maximum Gasteiger partial charge on any atom is 0.327 e. The number of nitrogens with one attached hydrogen (secondary N) is 1. The van der Waals surface area contributed by atoms with E-state index >= 15 is 0 Å². The van der Waals surface area contributed by atoms with Gasteiger partial charge in [0.25, 0.3) is 0 Å². The van der Waals surface area contributed by atoms with Gasteiger partial charge in [0.05, 0.1) is 6.54 Å². The molecule has 0 atom stereocenters. The number of anilines is 2. The highest BCUT2D eigenvalue weighted by molar-refractivity contribution is 7.13. The summed E-state index contributed by atoms with van der Waals surface area (Å²) in [5, 5.41) is 5.85. The van der Waals surface area contributed by atoms with E-state index in [-0.39, 0.29) is 6.03 Å². The molecule has 1 fully saturated rings. The molecule has 0 spiro atoms. The van der Waals surface area contributed by atoms with Crippen LogP contribution in [0.25, 0.3) is 21.7 Å². The van der Waals surface area contributed by atoms with E-state index in [4.69, 9.17) is 9.72 Å². The summed E-state index contributed by atoms with van der Waals surface area (Å²) in [6.07, 6.45) is 7.42. The number of fused-ring (bicyclic) bond motifs is 1. The smallest absolute Gasteiger partial charge is 0.327 e. The Labute approximate surface area is 220 Å². The molecule has 37 heavy (non-hydrogen) atoms. The summed E-state index contributed by atoms with van der Waals surface area (Å²) in [6.45, 7) is 4.49. The lowest BCUT2D eigenvalue weighted by Crippen LogP contribution is -2.38. The van der Waals surface area contributed by atoms with Gasteiger partial charge >= 0.3 is 6.03 Å². The SMILES string of the molecule is O=C1Nc2cc(-c3cccc(OCCN4CCCCC4)c3)ccc2CN1c1csc(-c2ccncc2)n1. The number of rotatable bonds is 7. The Morgan fingerprint density at radius 3 is 2.65 bits per heavy atom. The Hall–Kier alpha value is -3.75. The third kappa shape index (κ3) is 5.35. The fourth-order valence-electron chi connectivity index (χ4n) is 4.88. The van der Waals surface area contributed by atoms with Gasteiger partial charge in [0.15, 0.2) is 0 Å². The average Bonchev–Trinajstić information content (AvgIpc) is 3.44. The first-order valence-electron chi connectivity index (χ1n) is 12.8. The van der Waals surface area contributed by atoms with Crippen molar-refractivity contribution in [3.05, 3.63) is 77.9 Å². The number of hydrogen-bond acceptors (Lipinski definition) is 6. The topological polar surface area (TPSA) is 70.6 Å². The summed E-state index contributed by atoms with van der Waals surface area (Å²) in [6, 6.07) is 18.1. The number of thiazole rings is 1. The number of carbonyl (C=O) groups is 1. The van der Waals surface area contributed by atoms with Crippen LogP contribution in [0.2, 0.25) is 0 Å². The van der Waals surface area contributed by atoms with Crippen LogP contribution in [0.1, 0.15) is 24.8 Å². The van der Waals surface area contributed by atoms with Gasteiger partial charge in [-0.2, -0.15) is 0 Å². The second-order valence-corrected chi connectivity index (χ2v) is 10.3. The Morgan fingerprint density at radius 2 is 1.78 bits per heavy atom. The second-order valence-electron chi connectivity index (χ2n) is 9.41. The number of aromatic nitrogens is 2. The number of urea groups is 1. The average molecular weight is 512 g/mol. The molecule has 0 saturated carbocycles. The summed E-state index contributed by atoms with van der Waals surface area (Å²) in [4.78, 5) is 25.9. The van der Waals surface area contributed by atoms with Crippen LogP contribution in [0, 0.1) is 0 Å². The second kappa shape index (κ2) is 10.7. The van der Waals surface area contributed by atoms with Gasteiger partial charge in [-0.15, -0.1) is 11.3 Å². The van der Waals surface area contributed by atoms with Crippen molar-refractivity contribution in [3.8, 4) is 27.4 Å². The number of likely N-dealkylation sites (tertiary alicyclic amines) is 1. The van der Waals surface area contributed by atoms with Gasteiger partial charge < -0.3 is 10.1 Å². The van der Waals surface area contributed by atoms with Gasteiger partial charge in [-0.05, 0) is 73.0 Å². The van der Waals surface area contributed by atoms with Crippen LogP contribution in [-0.4, -0.2) is 47.1 Å². The Balaban J connectivity index is 1.14. The zero-order valence-electron chi connectivity index (χ0n) is 20.6. The van der Waals surface area contributed by atoms with Crippen molar-refractivity contribution in [2.75, 3.05) is 36.5 Å². The first-order chi connectivity index (χ1) is 18.2. The molecule has 0 aliphatic carbocycles. The Bertz CT molecular complexity index is 1380. The van der Waals surface area contributed by atoms with Gasteiger partial charge in [0.1, 0.15) is 23.2 Å². The minimum atomic E-state index is -0.175. The highest BCUT2D eigenvalue weighted by Crippen LogP contribution is 2.34. The molecular weight excluding hydrogens is 482 g/mol. The lowest BCUT2D eigenvalue weighted by atomic mass is 10.0. The summed E-state index contributed by atoms with van der Waals surface area (Å²) >= 11 is 1.52. The van der Waals surface area contributed by atoms with E-state index in [1.807, 2.05) is 35.7 Å². The van der Waals surface area contributed by atoms with Gasteiger partial charge in [0, 0.05) is 35.6 Å². The summed E-state index contributed by atoms with van der Waals surface area (Å²) in [5.41, 5.74) is 4.99. The molecule has 7 nitrogen and oxygen atoms in total. The van der Waals surface area contributed by atoms with Crippen molar-refractivity contribution >= 4 is 28.9 Å². The number of carbonyl (C=O) groups excluding carboxylic acids is 1. The van der Waals surface area contributed by atoms with Crippen molar-refractivity contribution < 1.29 is 9.53 Å². The van der Waals surface area contributed by atoms with Crippen LogP contribution in [0.5, 0.6) is 5.75 Å². The summed E-state index contributed by atoms with van der Waals surface area (Å²) < 4.78 is 6.07. The van der Waals surface area contributed by atoms with Crippen molar-refractivity contribution in [3.63, 3.8) is 0 Å². The van der Waals surface area contributed by atoms with Crippen LogP contribution in [0.3, 0.4) is 0 Å². The number of piperidine rings is 1. The van der Waals surface area contributed by atoms with E-state index in [0.717, 1.165) is 45.2 Å². The number of nitrogens with zero attached hydrogens (tertiary/aromatic N) is 4. The number of amides is 2. The van der Waals surface area contributed by atoms with Crippen LogP contribution in [0.15, 0.2) is 72.4 Å². The number of ether oxygens (including phenoxy) is 1. The predicted octanol–water partition coefficient (Wildman–Crippen LogP) is 6.29. The van der Waals surface area contributed by atoms with E-state index < -0.39 is 0 Å². The van der Waals surface area contributed by atoms with Crippen molar-refractivity contribution in [1.29, 1.82) is 0 Å². The molecule has 2 aromatic heterocycles. The van der Waals surface area contributed by atoms with E-state index in [1.165, 1.54) is 43.7 Å². The molecule has 8 heteroatoms. The molecule has 2 aliphatic rings. The van der Waals surface area contributed by atoms with E-state index in [9.17, 15) is 4.79 Å². The first kappa shape index (κ1) is 23.6. The summed E-state index contributed by atoms with van der Waals surface area (Å²) in [7, 11) is 0. The van der Waals surface area contributed by atoms with E-state index in [2.05, 4.69) is 39.5 Å². The molecule has 4 aromatic rings. The fourth-order valence-corrected chi connectivity index (χ4v) is 5.69. The largest absolute Gasteiger partial charge is 0.492 e. The number of benzene rings is 2. The predicted molar refractivity (Wildman–Crippen MR) is 148 cm³/mol. The van der Waals surface area contributed by atoms with Crippen LogP contribution in [-0.2, 0) is 6.54 Å². The van der Waals surface area contributed by atoms with Crippen LogP contribution < -0.4 is 15.0 Å². The zero-order valence-corrected chi connectivity index (χ0v) is 21.4.